The van der Waals surface area contributed by atoms with E-state index in [0.717, 1.165) is 0 Å². The fourth-order valence-electron chi connectivity index (χ4n) is 1.14. The lowest BCUT2D eigenvalue weighted by atomic mass is 10.2. The van der Waals surface area contributed by atoms with Crippen molar-refractivity contribution < 1.29 is 14.3 Å². The molecule has 1 unspecified atom stereocenters. The first-order valence-corrected chi connectivity index (χ1v) is 6.26. The van der Waals surface area contributed by atoms with Crippen LogP contribution >= 0.6 is 35.0 Å². The maximum atomic E-state index is 11.6. The van der Waals surface area contributed by atoms with E-state index < -0.39 is 12.1 Å². The first kappa shape index (κ1) is 13.9. The molecule has 1 rings (SSSR count). The van der Waals surface area contributed by atoms with Crippen LogP contribution in [0, 0.1) is 0 Å². The third-order valence-electron chi connectivity index (χ3n) is 1.69. The minimum atomic E-state index is -0.719. The third-order valence-corrected chi connectivity index (χ3v) is 3.59. The van der Waals surface area contributed by atoms with Gasteiger partial charge in [0, 0.05) is 4.75 Å². The predicted molar refractivity (Wildman–Crippen MR) is 65.6 cm³/mol. The number of esters is 1. The predicted octanol–water partition coefficient (Wildman–Crippen LogP) is 3.05. The Morgan fingerprint density at radius 2 is 2.00 bits per heavy atom. The monoisotopic (exact) mass is 282 g/mol. The molecule has 0 N–H and O–H groups in total. The van der Waals surface area contributed by atoms with Gasteiger partial charge in [-0.1, -0.05) is 55.7 Å². The molecule has 0 saturated carbocycles. The van der Waals surface area contributed by atoms with Crippen LogP contribution in [-0.4, -0.2) is 21.9 Å². The molecule has 1 aliphatic heterocycles. The molecule has 0 saturated heterocycles. The lowest BCUT2D eigenvalue weighted by Crippen LogP contribution is -2.18. The van der Waals surface area contributed by atoms with E-state index in [-0.39, 0.29) is 26.3 Å². The molecule has 0 aliphatic carbocycles. The molecule has 0 aromatic carbocycles. The quantitative estimate of drug-likeness (QED) is 0.730. The van der Waals surface area contributed by atoms with Crippen molar-refractivity contribution in [2.24, 2.45) is 0 Å². The highest BCUT2D eigenvalue weighted by atomic mass is 35.5. The number of cyclic esters (lactones) is 1. The van der Waals surface area contributed by atoms with E-state index in [0.29, 0.717) is 0 Å². The molecular formula is C10H12Cl2O3S. The van der Waals surface area contributed by atoms with Crippen molar-refractivity contribution in [1.29, 1.82) is 0 Å². The zero-order valence-electron chi connectivity index (χ0n) is 9.17. The molecule has 0 fully saturated rings. The molecule has 3 nitrogen and oxygen atoms in total. The van der Waals surface area contributed by atoms with Gasteiger partial charge in [0.05, 0.1) is 11.5 Å². The topological polar surface area (TPSA) is 43.4 Å². The SMILES string of the molecule is CC(C)(C)SC(=O)CC1OC(=O)C(Cl)=C1Cl. The standard InChI is InChI=1S/C10H12Cl2O3S/c1-10(2,3)16-6(13)4-5-7(11)8(12)9(14)15-5/h5H,4H2,1-3H3. The molecule has 0 aromatic heterocycles. The second-order valence-electron chi connectivity index (χ2n) is 4.35. The number of carbonyl (C=O) groups is 2. The Bertz CT molecular complexity index is 358. The van der Waals surface area contributed by atoms with Gasteiger partial charge in [-0.2, -0.15) is 0 Å². The second-order valence-corrected chi connectivity index (χ2v) is 7.02. The summed E-state index contributed by atoms with van der Waals surface area (Å²) in [5.74, 6) is -0.662. The largest absolute Gasteiger partial charge is 0.452 e. The zero-order valence-corrected chi connectivity index (χ0v) is 11.5. The summed E-state index contributed by atoms with van der Waals surface area (Å²) in [6.45, 7) is 5.79. The summed E-state index contributed by atoms with van der Waals surface area (Å²) in [6.07, 6.45) is -0.660. The molecule has 0 aromatic rings. The normalized spacial score (nSPS) is 21.3. The van der Waals surface area contributed by atoms with Crippen LogP contribution in [0.4, 0.5) is 0 Å². The highest BCUT2D eigenvalue weighted by Crippen LogP contribution is 2.33. The minimum Gasteiger partial charge on any atom is -0.452 e. The Kier molecular flexibility index (Phi) is 4.32. The molecule has 90 valence electrons. The first-order valence-electron chi connectivity index (χ1n) is 4.68. The highest BCUT2D eigenvalue weighted by molar-refractivity contribution is 8.14. The zero-order chi connectivity index (χ0) is 12.5. The van der Waals surface area contributed by atoms with Crippen molar-refractivity contribution in [2.75, 3.05) is 0 Å². The van der Waals surface area contributed by atoms with E-state index >= 15 is 0 Å². The lowest BCUT2D eigenvalue weighted by Gasteiger charge is -2.17. The van der Waals surface area contributed by atoms with Crippen LogP contribution in [0.2, 0.25) is 0 Å². The second kappa shape index (κ2) is 4.98. The van der Waals surface area contributed by atoms with Gasteiger partial charge in [0.1, 0.15) is 11.1 Å². The van der Waals surface area contributed by atoms with E-state index in [4.69, 9.17) is 27.9 Å². The van der Waals surface area contributed by atoms with Crippen molar-refractivity contribution in [1.82, 2.24) is 0 Å². The average Bonchev–Trinajstić information content (AvgIpc) is 2.30. The van der Waals surface area contributed by atoms with Crippen molar-refractivity contribution >= 4 is 46.0 Å². The number of ether oxygens (including phenoxy) is 1. The maximum absolute atomic E-state index is 11.6. The van der Waals surface area contributed by atoms with Crippen molar-refractivity contribution in [3.8, 4) is 0 Å². The van der Waals surface area contributed by atoms with Gasteiger partial charge in [0.2, 0.25) is 0 Å². The molecule has 1 aliphatic rings. The van der Waals surface area contributed by atoms with Crippen molar-refractivity contribution in [3.05, 3.63) is 10.1 Å². The van der Waals surface area contributed by atoms with Gasteiger partial charge in [0.25, 0.3) is 0 Å². The molecule has 0 spiro atoms. The number of rotatable bonds is 2. The molecular weight excluding hydrogens is 271 g/mol. The molecule has 1 heterocycles. The number of carbonyl (C=O) groups excluding carboxylic acids is 2. The Morgan fingerprint density at radius 3 is 2.38 bits per heavy atom. The third kappa shape index (κ3) is 3.68. The summed E-state index contributed by atoms with van der Waals surface area (Å²) >= 11 is 12.6. The summed E-state index contributed by atoms with van der Waals surface area (Å²) < 4.78 is 4.69. The van der Waals surface area contributed by atoms with Crippen LogP contribution in [-0.2, 0) is 14.3 Å². The van der Waals surface area contributed by atoms with Crippen molar-refractivity contribution in [2.45, 2.75) is 38.0 Å². The fraction of sp³-hybridized carbons (Fsp3) is 0.600. The Hall–Kier alpha value is -0.190. The maximum Gasteiger partial charge on any atom is 0.351 e. The van der Waals surface area contributed by atoms with Crippen LogP contribution in [0.3, 0.4) is 0 Å². The van der Waals surface area contributed by atoms with Crippen LogP contribution in [0.15, 0.2) is 10.1 Å². The summed E-state index contributed by atoms with van der Waals surface area (Å²) in [5, 5.41) is -0.0791. The lowest BCUT2D eigenvalue weighted by molar-refractivity contribution is -0.139. The summed E-state index contributed by atoms with van der Waals surface area (Å²) in [5.41, 5.74) is 0. The molecule has 0 bridgehead atoms. The number of hydrogen-bond donors (Lipinski definition) is 0. The van der Waals surface area contributed by atoms with E-state index in [2.05, 4.69) is 0 Å². The van der Waals surface area contributed by atoms with Gasteiger partial charge in [-0.25, -0.2) is 4.79 Å². The van der Waals surface area contributed by atoms with Crippen LogP contribution in [0.25, 0.3) is 0 Å². The summed E-state index contributed by atoms with van der Waals surface area (Å²) in [6, 6.07) is 0. The van der Waals surface area contributed by atoms with Crippen LogP contribution in [0.1, 0.15) is 27.2 Å². The van der Waals surface area contributed by atoms with E-state index in [1.165, 1.54) is 11.8 Å². The number of thioether (sulfide) groups is 1. The minimum absolute atomic E-state index is 0.0583. The Labute approximate surface area is 108 Å². The van der Waals surface area contributed by atoms with Gasteiger partial charge < -0.3 is 4.74 Å². The summed E-state index contributed by atoms with van der Waals surface area (Å²) in [4.78, 5) is 22.7. The Morgan fingerprint density at radius 1 is 1.44 bits per heavy atom. The van der Waals surface area contributed by atoms with E-state index in [9.17, 15) is 9.59 Å². The van der Waals surface area contributed by atoms with Gasteiger partial charge in [0.15, 0.2) is 5.12 Å². The molecule has 0 amide bonds. The van der Waals surface area contributed by atoms with Gasteiger partial charge in [-0.15, -0.1) is 0 Å². The molecule has 1 atom stereocenters. The van der Waals surface area contributed by atoms with E-state index in [1.807, 2.05) is 20.8 Å². The van der Waals surface area contributed by atoms with Gasteiger partial charge >= 0.3 is 5.97 Å². The smallest absolute Gasteiger partial charge is 0.351 e. The van der Waals surface area contributed by atoms with Gasteiger partial charge in [-0.05, 0) is 0 Å². The summed E-state index contributed by atoms with van der Waals surface area (Å²) in [7, 11) is 0. The van der Waals surface area contributed by atoms with Crippen molar-refractivity contribution in [3.63, 3.8) is 0 Å². The Balaban J connectivity index is 2.58. The molecule has 6 heteroatoms. The molecule has 16 heavy (non-hydrogen) atoms. The first-order chi connectivity index (χ1) is 7.20. The van der Waals surface area contributed by atoms with Crippen LogP contribution in [0.5, 0.6) is 0 Å². The molecule has 0 radical (unpaired) electrons. The fourth-order valence-corrected chi connectivity index (χ4v) is 2.42. The average molecular weight is 283 g/mol. The van der Waals surface area contributed by atoms with Gasteiger partial charge in [-0.3, -0.25) is 4.79 Å². The highest BCUT2D eigenvalue weighted by Gasteiger charge is 2.34. The number of hydrogen-bond acceptors (Lipinski definition) is 4. The number of halogens is 2. The van der Waals surface area contributed by atoms with E-state index in [1.54, 1.807) is 0 Å². The van der Waals surface area contributed by atoms with Crippen LogP contribution < -0.4 is 0 Å².